The monoisotopic (exact) mass is 243 g/mol. The molecule has 0 heterocycles. The van der Waals surface area contributed by atoms with Crippen LogP contribution in [0.15, 0.2) is 18.2 Å². The van der Waals surface area contributed by atoms with Crippen molar-refractivity contribution in [1.29, 1.82) is 0 Å². The summed E-state index contributed by atoms with van der Waals surface area (Å²) >= 11 is 0. The van der Waals surface area contributed by atoms with Crippen LogP contribution >= 0.6 is 0 Å². The highest BCUT2D eigenvalue weighted by Crippen LogP contribution is 2.14. The van der Waals surface area contributed by atoms with Crippen LogP contribution in [0.3, 0.4) is 0 Å². The number of hydrogen-bond acceptors (Lipinski definition) is 1. The third-order valence-electron chi connectivity index (χ3n) is 2.15. The van der Waals surface area contributed by atoms with E-state index in [4.69, 9.17) is 0 Å². The van der Waals surface area contributed by atoms with Crippen LogP contribution in [0.2, 0.25) is 0 Å². The van der Waals surface area contributed by atoms with Gasteiger partial charge >= 0.3 is 0 Å². The fraction of sp³-hybridized carbons (Fsp3) is 0.385. The Morgan fingerprint density at radius 3 is 2.41 bits per heavy atom. The molecule has 4 heteroatoms. The minimum Gasteiger partial charge on any atom is -0.313 e. The summed E-state index contributed by atoms with van der Waals surface area (Å²) in [7, 11) is 0. The zero-order valence-electron chi connectivity index (χ0n) is 9.93. The highest BCUT2D eigenvalue weighted by Gasteiger charge is 2.06. The van der Waals surface area contributed by atoms with E-state index in [1.54, 1.807) is 6.08 Å². The average molecular weight is 243 g/mol. The minimum atomic E-state index is -1.17. The quantitative estimate of drug-likeness (QED) is 0.617. The van der Waals surface area contributed by atoms with Crippen molar-refractivity contribution in [2.24, 2.45) is 5.92 Å². The first-order chi connectivity index (χ1) is 8.00. The van der Waals surface area contributed by atoms with Gasteiger partial charge in [0.15, 0.2) is 11.6 Å². The van der Waals surface area contributed by atoms with E-state index in [9.17, 15) is 13.2 Å². The van der Waals surface area contributed by atoms with Gasteiger partial charge in [0.05, 0.1) is 0 Å². The van der Waals surface area contributed by atoms with E-state index < -0.39 is 17.5 Å². The van der Waals surface area contributed by atoms with Crippen molar-refractivity contribution in [3.8, 4) is 0 Å². The van der Waals surface area contributed by atoms with Crippen LogP contribution < -0.4 is 5.32 Å². The molecule has 17 heavy (non-hydrogen) atoms. The first-order valence-electron chi connectivity index (χ1n) is 5.52. The Balaban J connectivity index is 2.56. The Labute approximate surface area is 99.3 Å². The van der Waals surface area contributed by atoms with Gasteiger partial charge in [-0.25, -0.2) is 13.2 Å². The normalized spacial score (nSPS) is 11.6. The fourth-order valence-electron chi connectivity index (χ4n) is 1.31. The fourth-order valence-corrected chi connectivity index (χ4v) is 1.31. The molecule has 1 rings (SSSR count). The maximum atomic E-state index is 13.2. The molecule has 94 valence electrons. The molecule has 0 spiro atoms. The molecule has 1 aromatic rings. The van der Waals surface area contributed by atoms with Crippen LogP contribution in [-0.2, 0) is 0 Å². The van der Waals surface area contributed by atoms with Gasteiger partial charge in [0.1, 0.15) is 5.82 Å². The Kier molecular flexibility index (Phi) is 5.22. The third-order valence-corrected chi connectivity index (χ3v) is 2.15. The molecule has 0 aromatic heterocycles. The lowest BCUT2D eigenvalue weighted by molar-refractivity contribution is 0.494. The van der Waals surface area contributed by atoms with Gasteiger partial charge in [-0.15, -0.1) is 0 Å². The lowest BCUT2D eigenvalue weighted by Crippen LogP contribution is -2.19. The molecule has 0 amide bonds. The summed E-state index contributed by atoms with van der Waals surface area (Å²) in [5.41, 5.74) is 0.0512. The molecular formula is C13H16F3N. The predicted molar refractivity (Wildman–Crippen MR) is 63.1 cm³/mol. The maximum Gasteiger partial charge on any atom is 0.161 e. The zero-order chi connectivity index (χ0) is 12.8. The molecular weight excluding hydrogens is 227 g/mol. The second-order valence-electron chi connectivity index (χ2n) is 4.24. The Bertz CT molecular complexity index is 400. The molecule has 0 unspecified atom stereocenters. The molecule has 0 atom stereocenters. The van der Waals surface area contributed by atoms with E-state index in [-0.39, 0.29) is 5.56 Å². The summed E-state index contributed by atoms with van der Waals surface area (Å²) in [4.78, 5) is 0. The van der Waals surface area contributed by atoms with Crippen molar-refractivity contribution >= 4 is 6.08 Å². The molecule has 1 N–H and O–H groups in total. The van der Waals surface area contributed by atoms with E-state index >= 15 is 0 Å². The van der Waals surface area contributed by atoms with Crippen molar-refractivity contribution in [1.82, 2.24) is 5.32 Å². The molecule has 0 fully saturated rings. The summed E-state index contributed by atoms with van der Waals surface area (Å²) in [5.74, 6) is -2.44. The van der Waals surface area contributed by atoms with Gasteiger partial charge < -0.3 is 5.32 Å². The van der Waals surface area contributed by atoms with Gasteiger partial charge in [-0.05, 0) is 18.5 Å². The zero-order valence-corrected chi connectivity index (χ0v) is 9.93. The molecule has 0 radical (unpaired) electrons. The van der Waals surface area contributed by atoms with Crippen molar-refractivity contribution in [2.75, 3.05) is 13.1 Å². The highest BCUT2D eigenvalue weighted by atomic mass is 19.2. The minimum absolute atomic E-state index is 0.0512. The smallest absolute Gasteiger partial charge is 0.161 e. The van der Waals surface area contributed by atoms with E-state index in [0.29, 0.717) is 18.5 Å². The van der Waals surface area contributed by atoms with E-state index in [0.717, 1.165) is 12.6 Å². The average Bonchev–Trinajstić information content (AvgIpc) is 2.24. The van der Waals surface area contributed by atoms with Crippen LogP contribution in [0.5, 0.6) is 0 Å². The molecule has 0 saturated carbocycles. The van der Waals surface area contributed by atoms with Crippen LogP contribution in [-0.4, -0.2) is 13.1 Å². The van der Waals surface area contributed by atoms with Crippen molar-refractivity contribution in [3.63, 3.8) is 0 Å². The van der Waals surface area contributed by atoms with Gasteiger partial charge in [0.2, 0.25) is 0 Å². The summed E-state index contributed by atoms with van der Waals surface area (Å²) < 4.78 is 38.7. The summed E-state index contributed by atoms with van der Waals surface area (Å²) in [6.07, 6.45) is 3.11. The van der Waals surface area contributed by atoms with Crippen LogP contribution in [0.1, 0.15) is 19.4 Å². The van der Waals surface area contributed by atoms with Crippen LogP contribution in [0, 0.1) is 23.4 Å². The molecule has 0 aliphatic rings. The highest BCUT2D eigenvalue weighted by molar-refractivity contribution is 5.50. The van der Waals surface area contributed by atoms with E-state index in [2.05, 4.69) is 19.2 Å². The summed E-state index contributed by atoms with van der Waals surface area (Å²) in [6.45, 7) is 5.57. The predicted octanol–water partition coefficient (Wildman–Crippen LogP) is 3.36. The largest absolute Gasteiger partial charge is 0.313 e. The first kappa shape index (κ1) is 13.8. The maximum absolute atomic E-state index is 13.2. The SMILES string of the molecule is CC(C)CNC/C=C/c1cc(F)c(F)cc1F. The topological polar surface area (TPSA) is 12.0 Å². The molecule has 0 bridgehead atoms. The Morgan fingerprint density at radius 1 is 1.12 bits per heavy atom. The third kappa shape index (κ3) is 4.61. The van der Waals surface area contributed by atoms with Gasteiger partial charge in [0.25, 0.3) is 0 Å². The number of halogens is 3. The van der Waals surface area contributed by atoms with E-state index in [1.165, 1.54) is 6.08 Å². The Hall–Kier alpha value is -1.29. The first-order valence-corrected chi connectivity index (χ1v) is 5.52. The van der Waals surface area contributed by atoms with Crippen molar-refractivity contribution in [2.45, 2.75) is 13.8 Å². The van der Waals surface area contributed by atoms with Crippen LogP contribution in [0.25, 0.3) is 6.08 Å². The lowest BCUT2D eigenvalue weighted by Gasteiger charge is -2.04. The summed E-state index contributed by atoms with van der Waals surface area (Å²) in [6, 6.07) is 1.40. The Morgan fingerprint density at radius 2 is 1.76 bits per heavy atom. The standard InChI is InChI=1S/C13H16F3N/c1-9(2)8-17-5-3-4-10-6-12(15)13(16)7-11(10)14/h3-4,6-7,9,17H,5,8H2,1-2H3/b4-3+. The number of benzene rings is 1. The van der Waals surface area contributed by atoms with Crippen LogP contribution in [0.4, 0.5) is 13.2 Å². The molecule has 1 nitrogen and oxygen atoms in total. The second-order valence-corrected chi connectivity index (χ2v) is 4.24. The van der Waals surface area contributed by atoms with E-state index in [1.807, 2.05) is 0 Å². The number of hydrogen-bond donors (Lipinski definition) is 1. The number of nitrogens with one attached hydrogen (secondary N) is 1. The van der Waals surface area contributed by atoms with Gasteiger partial charge in [0, 0.05) is 18.2 Å². The van der Waals surface area contributed by atoms with Gasteiger partial charge in [-0.1, -0.05) is 26.0 Å². The van der Waals surface area contributed by atoms with Gasteiger partial charge in [-0.2, -0.15) is 0 Å². The van der Waals surface area contributed by atoms with Crippen molar-refractivity contribution in [3.05, 3.63) is 41.2 Å². The molecule has 0 aliphatic heterocycles. The number of rotatable bonds is 5. The summed E-state index contributed by atoms with van der Waals surface area (Å²) in [5, 5.41) is 3.12. The van der Waals surface area contributed by atoms with Crippen molar-refractivity contribution < 1.29 is 13.2 Å². The van der Waals surface area contributed by atoms with Gasteiger partial charge in [-0.3, -0.25) is 0 Å². The molecule has 1 aromatic carbocycles. The second kappa shape index (κ2) is 6.45. The molecule has 0 aliphatic carbocycles. The molecule has 0 saturated heterocycles. The lowest BCUT2D eigenvalue weighted by atomic mass is 10.2.